The molecule has 1 aromatic heterocycles. The molecule has 1 N–H and O–H groups in total. The fourth-order valence-corrected chi connectivity index (χ4v) is 2.81. The molecule has 3 rings (SSSR count). The number of anilines is 1. The number of benzene rings is 2. The Morgan fingerprint density at radius 3 is 2.65 bits per heavy atom. The lowest BCUT2D eigenvalue weighted by Gasteiger charge is -2.11. The molecule has 1 heterocycles. The van der Waals surface area contributed by atoms with E-state index in [1.54, 1.807) is 18.3 Å². The molecule has 0 atom stereocenters. The van der Waals surface area contributed by atoms with Crippen LogP contribution in [0.3, 0.4) is 0 Å². The van der Waals surface area contributed by atoms with Crippen molar-refractivity contribution in [3.8, 4) is 0 Å². The van der Waals surface area contributed by atoms with Gasteiger partial charge in [-0.15, -0.1) is 11.6 Å². The van der Waals surface area contributed by atoms with Gasteiger partial charge in [0, 0.05) is 33.2 Å². The molecule has 0 aliphatic carbocycles. The summed E-state index contributed by atoms with van der Waals surface area (Å²) in [6.45, 7) is 1.95. The van der Waals surface area contributed by atoms with E-state index in [0.29, 0.717) is 11.4 Å². The Kier molecular flexibility index (Phi) is 4.64. The van der Waals surface area contributed by atoms with Crippen LogP contribution < -0.4 is 5.32 Å². The summed E-state index contributed by atoms with van der Waals surface area (Å²) in [7, 11) is 0. The van der Waals surface area contributed by atoms with E-state index in [1.165, 1.54) is 0 Å². The summed E-state index contributed by atoms with van der Waals surface area (Å²) >= 11 is 9.21. The van der Waals surface area contributed by atoms with Crippen LogP contribution in [-0.4, -0.2) is 10.9 Å². The van der Waals surface area contributed by atoms with Crippen LogP contribution in [0.15, 0.2) is 53.1 Å². The van der Waals surface area contributed by atoms with Crippen LogP contribution in [0.1, 0.15) is 21.5 Å². The Balaban J connectivity index is 1.92. The van der Waals surface area contributed by atoms with Gasteiger partial charge in [0.1, 0.15) is 0 Å². The number of hydrogen-bond donors (Lipinski definition) is 1. The first-order valence-electron chi connectivity index (χ1n) is 7.09. The van der Waals surface area contributed by atoms with Crippen LogP contribution in [0, 0.1) is 6.92 Å². The predicted octanol–water partition coefficient (Wildman–Crippen LogP) is 5.30. The van der Waals surface area contributed by atoms with Crippen molar-refractivity contribution in [2.45, 2.75) is 12.8 Å². The average molecular weight is 390 g/mol. The lowest BCUT2D eigenvalue weighted by Crippen LogP contribution is -2.12. The second-order valence-electron chi connectivity index (χ2n) is 5.25. The molecular formula is C18H14BrClN2O. The topological polar surface area (TPSA) is 42.0 Å². The molecule has 0 saturated carbocycles. The molecule has 0 saturated heterocycles. The van der Waals surface area contributed by atoms with Crippen LogP contribution in [0.25, 0.3) is 10.9 Å². The van der Waals surface area contributed by atoms with E-state index in [1.807, 2.05) is 37.3 Å². The molecule has 3 aromatic rings. The van der Waals surface area contributed by atoms with Gasteiger partial charge >= 0.3 is 0 Å². The van der Waals surface area contributed by atoms with Crippen molar-refractivity contribution in [1.29, 1.82) is 0 Å². The SMILES string of the molecule is Cc1c(NC(=O)c2ccc(Br)cc2)ccc2cc(CCl)cnc12. The van der Waals surface area contributed by atoms with Gasteiger partial charge < -0.3 is 5.32 Å². The van der Waals surface area contributed by atoms with Crippen LogP contribution >= 0.6 is 27.5 Å². The highest BCUT2D eigenvalue weighted by molar-refractivity contribution is 9.10. The number of halogens is 2. The lowest BCUT2D eigenvalue weighted by atomic mass is 10.1. The highest BCUT2D eigenvalue weighted by Gasteiger charge is 2.10. The number of aryl methyl sites for hydroxylation is 1. The van der Waals surface area contributed by atoms with Gasteiger partial charge in [0.25, 0.3) is 5.91 Å². The van der Waals surface area contributed by atoms with E-state index in [-0.39, 0.29) is 5.91 Å². The number of carbonyl (C=O) groups is 1. The molecule has 3 nitrogen and oxygen atoms in total. The maximum Gasteiger partial charge on any atom is 0.255 e. The molecule has 23 heavy (non-hydrogen) atoms. The van der Waals surface area contributed by atoms with E-state index in [4.69, 9.17) is 11.6 Å². The van der Waals surface area contributed by atoms with Crippen LogP contribution in [0.5, 0.6) is 0 Å². The lowest BCUT2D eigenvalue weighted by molar-refractivity contribution is 0.102. The van der Waals surface area contributed by atoms with Crippen molar-refractivity contribution in [1.82, 2.24) is 4.98 Å². The van der Waals surface area contributed by atoms with Gasteiger partial charge in [0.2, 0.25) is 0 Å². The summed E-state index contributed by atoms with van der Waals surface area (Å²) in [5.41, 5.74) is 4.15. The molecule has 0 aliphatic heterocycles. The zero-order valence-corrected chi connectivity index (χ0v) is 14.8. The third-order valence-corrected chi connectivity index (χ3v) is 4.51. The van der Waals surface area contributed by atoms with Gasteiger partial charge in [0.05, 0.1) is 5.52 Å². The molecule has 116 valence electrons. The maximum absolute atomic E-state index is 12.3. The van der Waals surface area contributed by atoms with E-state index in [9.17, 15) is 4.79 Å². The number of nitrogens with one attached hydrogen (secondary N) is 1. The number of carbonyl (C=O) groups excluding carboxylic acids is 1. The summed E-state index contributed by atoms with van der Waals surface area (Å²) < 4.78 is 0.940. The van der Waals surface area contributed by atoms with Crippen LogP contribution in [-0.2, 0) is 5.88 Å². The third kappa shape index (κ3) is 3.38. The van der Waals surface area contributed by atoms with E-state index >= 15 is 0 Å². The number of nitrogens with zero attached hydrogens (tertiary/aromatic N) is 1. The third-order valence-electron chi connectivity index (χ3n) is 3.67. The largest absolute Gasteiger partial charge is 0.322 e. The molecule has 0 unspecified atom stereocenters. The molecule has 0 fully saturated rings. The molecule has 0 spiro atoms. The minimum absolute atomic E-state index is 0.141. The zero-order chi connectivity index (χ0) is 16.4. The van der Waals surface area contributed by atoms with Crippen molar-refractivity contribution < 1.29 is 4.79 Å². The van der Waals surface area contributed by atoms with Crippen molar-refractivity contribution >= 4 is 50.0 Å². The van der Waals surface area contributed by atoms with Gasteiger partial charge in [-0.05, 0) is 54.4 Å². The average Bonchev–Trinajstić information content (AvgIpc) is 2.57. The number of aromatic nitrogens is 1. The first-order valence-corrected chi connectivity index (χ1v) is 8.42. The number of rotatable bonds is 3. The first-order chi connectivity index (χ1) is 11.1. The Bertz CT molecular complexity index is 878. The molecule has 1 amide bonds. The van der Waals surface area contributed by atoms with E-state index in [0.717, 1.165) is 32.2 Å². The number of fused-ring (bicyclic) bond motifs is 1. The Morgan fingerprint density at radius 2 is 1.96 bits per heavy atom. The summed E-state index contributed by atoms with van der Waals surface area (Å²) in [4.78, 5) is 16.8. The van der Waals surface area contributed by atoms with Gasteiger partial charge in [0.15, 0.2) is 0 Å². The van der Waals surface area contributed by atoms with Gasteiger partial charge in [-0.25, -0.2) is 0 Å². The summed E-state index contributed by atoms with van der Waals surface area (Å²) in [6.07, 6.45) is 1.77. The van der Waals surface area contributed by atoms with Crippen molar-refractivity contribution in [2.75, 3.05) is 5.32 Å². The van der Waals surface area contributed by atoms with E-state index in [2.05, 4.69) is 26.2 Å². The minimum atomic E-state index is -0.141. The Labute approximate surface area is 147 Å². The van der Waals surface area contributed by atoms with Crippen LogP contribution in [0.2, 0.25) is 0 Å². The fourth-order valence-electron chi connectivity index (χ4n) is 2.40. The smallest absolute Gasteiger partial charge is 0.255 e. The standard InChI is InChI=1S/C18H14BrClN2O/c1-11-16(22-18(23)13-2-5-15(19)6-3-13)7-4-14-8-12(9-20)10-21-17(11)14/h2-8,10H,9H2,1H3,(H,22,23). The fraction of sp³-hybridized carbons (Fsp3) is 0.111. The normalized spacial score (nSPS) is 10.7. The second-order valence-corrected chi connectivity index (χ2v) is 6.43. The molecule has 0 bridgehead atoms. The molecule has 0 aliphatic rings. The Hall–Kier alpha value is -1.91. The van der Waals surface area contributed by atoms with Crippen LogP contribution in [0.4, 0.5) is 5.69 Å². The van der Waals surface area contributed by atoms with Gasteiger partial charge in [-0.3, -0.25) is 9.78 Å². The first kappa shape index (κ1) is 16.0. The number of alkyl halides is 1. The maximum atomic E-state index is 12.3. The number of hydrogen-bond acceptors (Lipinski definition) is 2. The quantitative estimate of drug-likeness (QED) is 0.618. The molecule has 0 radical (unpaired) electrons. The molecule has 2 aromatic carbocycles. The summed E-state index contributed by atoms with van der Waals surface area (Å²) in [5, 5.41) is 3.96. The van der Waals surface area contributed by atoms with Gasteiger partial charge in [-0.2, -0.15) is 0 Å². The molecule has 5 heteroatoms. The highest BCUT2D eigenvalue weighted by atomic mass is 79.9. The second kappa shape index (κ2) is 6.69. The van der Waals surface area contributed by atoms with Crippen molar-refractivity contribution in [2.24, 2.45) is 0 Å². The number of pyridine rings is 1. The summed E-state index contributed by atoms with van der Waals surface area (Å²) in [5.74, 6) is 0.293. The predicted molar refractivity (Wildman–Crippen MR) is 98.1 cm³/mol. The zero-order valence-electron chi connectivity index (χ0n) is 12.4. The van der Waals surface area contributed by atoms with Gasteiger partial charge in [-0.1, -0.05) is 22.0 Å². The van der Waals surface area contributed by atoms with E-state index < -0.39 is 0 Å². The highest BCUT2D eigenvalue weighted by Crippen LogP contribution is 2.25. The van der Waals surface area contributed by atoms with Crippen molar-refractivity contribution in [3.05, 3.63) is 69.8 Å². The minimum Gasteiger partial charge on any atom is -0.322 e. The number of amides is 1. The van der Waals surface area contributed by atoms with Crippen molar-refractivity contribution in [3.63, 3.8) is 0 Å². The monoisotopic (exact) mass is 388 g/mol. The molecular weight excluding hydrogens is 376 g/mol. The summed E-state index contributed by atoms with van der Waals surface area (Å²) in [6, 6.07) is 13.1. The Morgan fingerprint density at radius 1 is 1.22 bits per heavy atom.